The van der Waals surface area contributed by atoms with Crippen molar-refractivity contribution in [2.75, 3.05) is 0 Å². The molecule has 0 amide bonds. The van der Waals surface area contributed by atoms with Crippen LogP contribution in [0.1, 0.15) is 71.6 Å². The van der Waals surface area contributed by atoms with Gasteiger partial charge in [-0.15, -0.1) is 0 Å². The quantitative estimate of drug-likeness (QED) is 0.555. The summed E-state index contributed by atoms with van der Waals surface area (Å²) in [4.78, 5) is 0. The molecule has 0 bridgehead atoms. The van der Waals surface area contributed by atoms with Gasteiger partial charge in [-0.3, -0.25) is 0 Å². The Kier molecular flexibility index (Phi) is 4.41. The number of aliphatic hydroxyl groups is 2. The first-order chi connectivity index (χ1) is 11.3. The molecular formula is C21H33IO2. The zero-order valence-electron chi connectivity index (χ0n) is 15.2. The van der Waals surface area contributed by atoms with E-state index in [9.17, 15) is 10.2 Å². The molecule has 4 aliphatic rings. The lowest BCUT2D eigenvalue weighted by Gasteiger charge is -2.63. The standard InChI is InChI=1S/C21H33IO2/c1-19-9-6-16(23)13-15(19)3-4-18-17(19)7-10-20(2)14(8-12-22)5-11-21(18,20)24/h8,12,14-18,23-24H,3-7,9-11,13H2,1-2H3/b12-8+/t14-,15-,16+,17+,18-,19+,20-,21+/m1/s1. The molecule has 4 aliphatic carbocycles. The molecule has 24 heavy (non-hydrogen) atoms. The topological polar surface area (TPSA) is 40.5 Å². The largest absolute Gasteiger partial charge is 0.393 e. The van der Waals surface area contributed by atoms with Crippen molar-refractivity contribution >= 4 is 22.6 Å². The van der Waals surface area contributed by atoms with E-state index in [0.717, 1.165) is 32.1 Å². The van der Waals surface area contributed by atoms with Crippen molar-refractivity contribution in [2.45, 2.75) is 83.3 Å². The highest BCUT2D eigenvalue weighted by atomic mass is 127. The second kappa shape index (κ2) is 5.95. The van der Waals surface area contributed by atoms with Gasteiger partial charge >= 0.3 is 0 Å². The van der Waals surface area contributed by atoms with Gasteiger partial charge in [-0.2, -0.15) is 0 Å². The van der Waals surface area contributed by atoms with Crippen molar-refractivity contribution in [1.29, 1.82) is 0 Å². The van der Waals surface area contributed by atoms with Gasteiger partial charge in [0.15, 0.2) is 0 Å². The Labute approximate surface area is 160 Å². The zero-order chi connectivity index (χ0) is 17.2. The second-order valence-corrected chi connectivity index (χ2v) is 10.5. The summed E-state index contributed by atoms with van der Waals surface area (Å²) in [5.74, 6) is 2.34. The number of fused-ring (bicyclic) bond motifs is 5. The van der Waals surface area contributed by atoms with E-state index in [4.69, 9.17) is 0 Å². The fraction of sp³-hybridized carbons (Fsp3) is 0.905. The third-order valence-electron chi connectivity index (χ3n) is 9.20. The lowest BCUT2D eigenvalue weighted by atomic mass is 9.43. The van der Waals surface area contributed by atoms with Crippen LogP contribution >= 0.6 is 22.6 Å². The lowest BCUT2D eigenvalue weighted by Crippen LogP contribution is -2.62. The molecule has 4 saturated carbocycles. The summed E-state index contributed by atoms with van der Waals surface area (Å²) in [6, 6.07) is 0. The fourth-order valence-electron chi connectivity index (χ4n) is 7.64. The maximum atomic E-state index is 11.9. The van der Waals surface area contributed by atoms with Gasteiger partial charge in [0.2, 0.25) is 0 Å². The van der Waals surface area contributed by atoms with Crippen LogP contribution in [-0.2, 0) is 0 Å². The average Bonchev–Trinajstić information content (AvgIpc) is 2.81. The van der Waals surface area contributed by atoms with E-state index in [1.807, 2.05) is 0 Å². The lowest BCUT2D eigenvalue weighted by molar-refractivity contribution is -0.207. The number of rotatable bonds is 1. The summed E-state index contributed by atoms with van der Waals surface area (Å²) in [5.41, 5.74) is -0.0651. The Hall–Kier alpha value is 0.390. The van der Waals surface area contributed by atoms with Gasteiger partial charge in [-0.25, -0.2) is 0 Å². The van der Waals surface area contributed by atoms with E-state index < -0.39 is 5.60 Å². The van der Waals surface area contributed by atoms with E-state index >= 15 is 0 Å². The Morgan fingerprint density at radius 1 is 0.958 bits per heavy atom. The van der Waals surface area contributed by atoms with Gasteiger partial charge in [0.1, 0.15) is 0 Å². The highest BCUT2D eigenvalue weighted by Crippen LogP contribution is 2.69. The average molecular weight is 444 g/mol. The van der Waals surface area contributed by atoms with Crippen molar-refractivity contribution in [1.82, 2.24) is 0 Å². The molecular weight excluding hydrogens is 411 g/mol. The third-order valence-corrected chi connectivity index (χ3v) is 9.62. The maximum absolute atomic E-state index is 11.9. The van der Waals surface area contributed by atoms with Crippen LogP contribution in [0.2, 0.25) is 0 Å². The molecule has 8 atom stereocenters. The summed E-state index contributed by atoms with van der Waals surface area (Å²) < 4.78 is 2.16. The van der Waals surface area contributed by atoms with Gasteiger partial charge in [0.05, 0.1) is 11.7 Å². The first kappa shape index (κ1) is 17.8. The molecule has 0 aliphatic heterocycles. The smallest absolute Gasteiger partial charge is 0.0737 e. The number of allylic oxidation sites excluding steroid dienone is 1. The number of hydrogen-bond acceptors (Lipinski definition) is 2. The van der Waals surface area contributed by atoms with Crippen molar-refractivity contribution in [3.8, 4) is 0 Å². The van der Waals surface area contributed by atoms with Crippen LogP contribution in [0, 0.1) is 34.5 Å². The van der Waals surface area contributed by atoms with E-state index in [0.29, 0.717) is 29.1 Å². The Bertz CT molecular complexity index is 534. The minimum Gasteiger partial charge on any atom is -0.393 e. The summed E-state index contributed by atoms with van der Waals surface area (Å²) in [6.45, 7) is 4.86. The molecule has 0 heterocycles. The molecule has 4 fully saturated rings. The normalized spacial score (nSPS) is 57.5. The first-order valence-electron chi connectivity index (χ1n) is 10.0. The van der Waals surface area contributed by atoms with Crippen LogP contribution in [0.3, 0.4) is 0 Å². The van der Waals surface area contributed by atoms with E-state index in [-0.39, 0.29) is 11.5 Å². The van der Waals surface area contributed by atoms with Gasteiger partial charge in [0.25, 0.3) is 0 Å². The second-order valence-electron chi connectivity index (χ2n) is 9.77. The molecule has 0 aromatic carbocycles. The first-order valence-corrected chi connectivity index (χ1v) is 11.3. The minimum atomic E-state index is -0.471. The number of hydrogen-bond donors (Lipinski definition) is 2. The van der Waals surface area contributed by atoms with Crippen LogP contribution in [0.4, 0.5) is 0 Å². The summed E-state index contributed by atoms with van der Waals surface area (Å²) in [5, 5.41) is 22.1. The molecule has 4 rings (SSSR count). The summed E-state index contributed by atoms with van der Waals surface area (Å²) >= 11 is 2.33. The van der Waals surface area contributed by atoms with E-state index in [1.54, 1.807) is 0 Å². The number of halogens is 1. The van der Waals surface area contributed by atoms with Crippen LogP contribution < -0.4 is 0 Å². The van der Waals surface area contributed by atoms with E-state index in [2.05, 4.69) is 46.6 Å². The molecule has 0 saturated heterocycles. The molecule has 3 heteroatoms. The van der Waals surface area contributed by atoms with Crippen molar-refractivity contribution < 1.29 is 10.2 Å². The molecule has 0 aromatic rings. The SMILES string of the molecule is C[C@]12CC[C@H](O)C[C@H]1CC[C@@H]1[C@@H]2CC[C@]2(C)[C@@H](/C=C/I)CC[C@]12O. The van der Waals surface area contributed by atoms with Gasteiger partial charge < -0.3 is 10.2 Å². The third kappa shape index (κ3) is 2.26. The van der Waals surface area contributed by atoms with Gasteiger partial charge in [-0.05, 0) is 91.0 Å². The molecule has 2 N–H and O–H groups in total. The summed E-state index contributed by atoms with van der Waals surface area (Å²) in [7, 11) is 0. The molecule has 0 unspecified atom stereocenters. The van der Waals surface area contributed by atoms with Gasteiger partial charge in [-0.1, -0.05) is 42.5 Å². The zero-order valence-corrected chi connectivity index (χ0v) is 17.3. The highest BCUT2D eigenvalue weighted by molar-refractivity contribution is 14.1. The van der Waals surface area contributed by atoms with Crippen LogP contribution in [0.15, 0.2) is 10.2 Å². The van der Waals surface area contributed by atoms with Crippen LogP contribution in [-0.4, -0.2) is 21.9 Å². The maximum Gasteiger partial charge on any atom is 0.0737 e. The summed E-state index contributed by atoms with van der Waals surface area (Å²) in [6.07, 6.45) is 12.3. The minimum absolute atomic E-state index is 0.0627. The molecule has 0 aromatic heterocycles. The van der Waals surface area contributed by atoms with Crippen LogP contribution in [0.5, 0.6) is 0 Å². The predicted molar refractivity (Wildman–Crippen MR) is 106 cm³/mol. The van der Waals surface area contributed by atoms with Crippen molar-refractivity contribution in [2.24, 2.45) is 34.5 Å². The number of aliphatic hydroxyl groups excluding tert-OH is 1. The predicted octanol–water partition coefficient (Wildman–Crippen LogP) is 5.07. The Balaban J connectivity index is 1.66. The van der Waals surface area contributed by atoms with Crippen LogP contribution in [0.25, 0.3) is 0 Å². The molecule has 2 nitrogen and oxygen atoms in total. The highest BCUT2D eigenvalue weighted by Gasteiger charge is 2.66. The van der Waals surface area contributed by atoms with E-state index in [1.165, 1.54) is 25.7 Å². The monoisotopic (exact) mass is 444 g/mol. The molecule has 0 radical (unpaired) electrons. The molecule has 136 valence electrons. The molecule has 0 spiro atoms. The Morgan fingerprint density at radius 3 is 2.50 bits per heavy atom. The Morgan fingerprint density at radius 2 is 1.75 bits per heavy atom. The fourth-order valence-corrected chi connectivity index (χ4v) is 8.14. The van der Waals surface area contributed by atoms with Crippen molar-refractivity contribution in [3.05, 3.63) is 10.2 Å². The van der Waals surface area contributed by atoms with Gasteiger partial charge in [0, 0.05) is 5.41 Å². The van der Waals surface area contributed by atoms with Crippen molar-refractivity contribution in [3.63, 3.8) is 0 Å².